The Bertz CT molecular complexity index is 643. The highest BCUT2D eigenvalue weighted by molar-refractivity contribution is 7.13. The Morgan fingerprint density at radius 2 is 2.33 bits per heavy atom. The molecule has 4 nitrogen and oxygen atoms in total. The molecule has 0 amide bonds. The molecule has 112 valence electrons. The van der Waals surface area contributed by atoms with Crippen molar-refractivity contribution in [3.63, 3.8) is 0 Å². The summed E-state index contributed by atoms with van der Waals surface area (Å²) in [6, 6.07) is 8.06. The summed E-state index contributed by atoms with van der Waals surface area (Å²) in [5.74, 6) is 0. The van der Waals surface area contributed by atoms with Crippen molar-refractivity contribution >= 4 is 11.3 Å². The first-order chi connectivity index (χ1) is 10.3. The van der Waals surface area contributed by atoms with Crippen LogP contribution in [0.4, 0.5) is 0 Å². The van der Waals surface area contributed by atoms with Gasteiger partial charge in [0.1, 0.15) is 0 Å². The van der Waals surface area contributed by atoms with E-state index in [1.54, 1.807) is 11.3 Å². The summed E-state index contributed by atoms with van der Waals surface area (Å²) in [6.45, 7) is 2.04. The minimum Gasteiger partial charge on any atom is -0.376 e. The fraction of sp³-hybridized carbons (Fsp3) is 0.438. The zero-order valence-electron chi connectivity index (χ0n) is 12.2. The fourth-order valence-electron chi connectivity index (χ4n) is 2.76. The third-order valence-electron chi connectivity index (χ3n) is 3.80. The lowest BCUT2D eigenvalue weighted by Gasteiger charge is -2.17. The topological polar surface area (TPSA) is 43.3 Å². The second-order valence-electron chi connectivity index (χ2n) is 5.30. The lowest BCUT2D eigenvalue weighted by Crippen LogP contribution is -2.31. The molecular formula is C16H20N2O2S. The monoisotopic (exact) mass is 304 g/mol. The number of hydrogen-bond acceptors (Lipinski definition) is 4. The fourth-order valence-corrected chi connectivity index (χ4v) is 3.52. The van der Waals surface area contributed by atoms with Crippen molar-refractivity contribution in [2.24, 2.45) is 0 Å². The molecule has 0 spiro atoms. The first-order valence-electron chi connectivity index (χ1n) is 7.32. The maximum Gasteiger partial charge on any atom is 0.255 e. The van der Waals surface area contributed by atoms with Gasteiger partial charge in [-0.25, -0.2) is 0 Å². The second kappa shape index (κ2) is 6.56. The quantitative estimate of drug-likeness (QED) is 0.923. The van der Waals surface area contributed by atoms with E-state index in [0.717, 1.165) is 35.6 Å². The van der Waals surface area contributed by atoms with Gasteiger partial charge < -0.3 is 14.6 Å². The Morgan fingerprint density at radius 1 is 1.43 bits per heavy atom. The molecule has 21 heavy (non-hydrogen) atoms. The zero-order chi connectivity index (χ0) is 14.7. The van der Waals surface area contributed by atoms with Crippen molar-refractivity contribution in [1.29, 1.82) is 0 Å². The van der Waals surface area contributed by atoms with Crippen molar-refractivity contribution in [3.8, 4) is 10.6 Å². The highest BCUT2D eigenvalue weighted by atomic mass is 32.1. The van der Waals surface area contributed by atoms with E-state index in [9.17, 15) is 4.79 Å². The molecule has 3 heterocycles. The average molecular weight is 304 g/mol. The highest BCUT2D eigenvalue weighted by Crippen LogP contribution is 2.25. The average Bonchev–Trinajstić information content (AvgIpc) is 3.16. The lowest BCUT2D eigenvalue weighted by molar-refractivity contribution is 0.0965. The van der Waals surface area contributed by atoms with E-state index in [2.05, 4.69) is 17.4 Å². The largest absolute Gasteiger partial charge is 0.376 e. The minimum absolute atomic E-state index is 0.0887. The first-order valence-corrected chi connectivity index (χ1v) is 8.20. The molecule has 2 aromatic heterocycles. The number of aromatic nitrogens is 1. The van der Waals surface area contributed by atoms with E-state index < -0.39 is 0 Å². The zero-order valence-corrected chi connectivity index (χ0v) is 13.0. The molecular weight excluding hydrogens is 284 g/mol. The van der Waals surface area contributed by atoms with Crippen molar-refractivity contribution < 1.29 is 4.74 Å². The van der Waals surface area contributed by atoms with Crippen LogP contribution in [0.1, 0.15) is 18.4 Å². The molecule has 0 radical (unpaired) electrons. The third-order valence-corrected chi connectivity index (χ3v) is 4.70. The summed E-state index contributed by atoms with van der Waals surface area (Å²) in [6.07, 6.45) is 2.28. The Kier molecular flexibility index (Phi) is 4.53. The molecule has 1 fully saturated rings. The van der Waals surface area contributed by atoms with Crippen molar-refractivity contribution in [1.82, 2.24) is 9.88 Å². The van der Waals surface area contributed by atoms with E-state index in [1.807, 2.05) is 29.1 Å². The van der Waals surface area contributed by atoms with Gasteiger partial charge in [-0.2, -0.15) is 0 Å². The summed E-state index contributed by atoms with van der Waals surface area (Å²) in [4.78, 5) is 13.9. The first kappa shape index (κ1) is 14.5. The number of hydrogen-bond donors (Lipinski definition) is 1. The van der Waals surface area contributed by atoms with Gasteiger partial charge in [-0.05, 0) is 37.4 Å². The van der Waals surface area contributed by atoms with E-state index in [4.69, 9.17) is 4.74 Å². The molecule has 3 rings (SSSR count). The molecule has 5 heteroatoms. The standard InChI is InChI=1S/C16H20N2O2S/c1-17-10-12-6-7-14(15-5-3-9-21-15)18(16(12)19)11-13-4-2-8-20-13/h3,5-7,9,13,17H,2,4,8,10-11H2,1H3. The van der Waals surface area contributed by atoms with Gasteiger partial charge >= 0.3 is 0 Å². The van der Waals surface area contributed by atoms with Gasteiger partial charge in [-0.3, -0.25) is 4.79 Å². The van der Waals surface area contributed by atoms with Gasteiger partial charge in [-0.1, -0.05) is 12.1 Å². The molecule has 1 unspecified atom stereocenters. The Balaban J connectivity index is 2.02. The molecule has 1 N–H and O–H groups in total. The summed E-state index contributed by atoms with van der Waals surface area (Å²) < 4.78 is 7.60. The number of thiophene rings is 1. The van der Waals surface area contributed by atoms with E-state index in [0.29, 0.717) is 13.1 Å². The number of pyridine rings is 1. The molecule has 1 saturated heterocycles. The highest BCUT2D eigenvalue weighted by Gasteiger charge is 2.19. The van der Waals surface area contributed by atoms with Crippen LogP contribution < -0.4 is 10.9 Å². The van der Waals surface area contributed by atoms with Crippen LogP contribution in [-0.4, -0.2) is 24.3 Å². The minimum atomic E-state index is 0.0887. The molecule has 0 aliphatic carbocycles. The van der Waals surface area contributed by atoms with Gasteiger partial charge in [0.05, 0.1) is 23.2 Å². The third kappa shape index (κ3) is 3.10. The molecule has 1 atom stereocenters. The smallest absolute Gasteiger partial charge is 0.255 e. The van der Waals surface area contributed by atoms with Gasteiger partial charge in [0, 0.05) is 18.7 Å². The van der Waals surface area contributed by atoms with Crippen LogP contribution in [-0.2, 0) is 17.8 Å². The summed E-state index contributed by atoms with van der Waals surface area (Å²) in [5, 5.41) is 5.10. The second-order valence-corrected chi connectivity index (χ2v) is 6.25. The molecule has 0 aromatic carbocycles. The number of rotatable bonds is 5. The Morgan fingerprint density at radius 3 is 3.00 bits per heavy atom. The van der Waals surface area contributed by atoms with Gasteiger partial charge in [0.15, 0.2) is 0 Å². The summed E-state index contributed by atoms with van der Waals surface area (Å²) in [7, 11) is 1.86. The maximum absolute atomic E-state index is 12.7. The lowest BCUT2D eigenvalue weighted by atomic mass is 10.2. The summed E-state index contributed by atoms with van der Waals surface area (Å²) in [5.41, 5.74) is 1.88. The van der Waals surface area contributed by atoms with Crippen LogP contribution in [0.2, 0.25) is 0 Å². The van der Waals surface area contributed by atoms with E-state index >= 15 is 0 Å². The predicted molar refractivity (Wildman–Crippen MR) is 85.8 cm³/mol. The normalized spacial score (nSPS) is 18.2. The van der Waals surface area contributed by atoms with Crippen LogP contribution in [0.5, 0.6) is 0 Å². The van der Waals surface area contributed by atoms with Gasteiger partial charge in [0.2, 0.25) is 0 Å². The predicted octanol–water partition coefficient (Wildman–Crippen LogP) is 2.48. The van der Waals surface area contributed by atoms with Crippen LogP contribution in [0.15, 0.2) is 34.4 Å². The summed E-state index contributed by atoms with van der Waals surface area (Å²) >= 11 is 1.66. The SMILES string of the molecule is CNCc1ccc(-c2cccs2)n(CC2CCCO2)c1=O. The van der Waals surface area contributed by atoms with Gasteiger partial charge in [0.25, 0.3) is 5.56 Å². The molecule has 1 aliphatic heterocycles. The van der Waals surface area contributed by atoms with E-state index in [1.165, 1.54) is 0 Å². The van der Waals surface area contributed by atoms with Crippen LogP contribution in [0.25, 0.3) is 10.6 Å². The van der Waals surface area contributed by atoms with Crippen molar-refractivity contribution in [2.45, 2.75) is 32.0 Å². The molecule has 2 aromatic rings. The number of ether oxygens (including phenoxy) is 1. The van der Waals surface area contributed by atoms with Crippen LogP contribution in [0.3, 0.4) is 0 Å². The molecule has 0 saturated carbocycles. The maximum atomic E-state index is 12.7. The Labute approximate surface area is 128 Å². The Hall–Kier alpha value is -1.43. The number of nitrogens with zero attached hydrogens (tertiary/aromatic N) is 1. The van der Waals surface area contributed by atoms with E-state index in [-0.39, 0.29) is 11.7 Å². The molecule has 1 aliphatic rings. The van der Waals surface area contributed by atoms with Crippen LogP contribution in [0, 0.1) is 0 Å². The number of nitrogens with one attached hydrogen (secondary N) is 1. The van der Waals surface area contributed by atoms with Crippen molar-refractivity contribution in [2.75, 3.05) is 13.7 Å². The van der Waals surface area contributed by atoms with Gasteiger partial charge in [-0.15, -0.1) is 11.3 Å². The van der Waals surface area contributed by atoms with Crippen LogP contribution >= 0.6 is 11.3 Å². The molecule has 0 bridgehead atoms. The van der Waals surface area contributed by atoms with Crippen molar-refractivity contribution in [3.05, 3.63) is 45.6 Å².